The number of hydrogen-bond acceptors (Lipinski definition) is 3. The highest BCUT2D eigenvalue weighted by Gasteiger charge is 2.21. The molecule has 0 radical (unpaired) electrons. The summed E-state index contributed by atoms with van der Waals surface area (Å²) in [5.74, 6) is 1.70. The molecule has 1 aliphatic heterocycles. The van der Waals surface area contributed by atoms with Gasteiger partial charge in [-0.2, -0.15) is 0 Å². The van der Waals surface area contributed by atoms with Gasteiger partial charge in [-0.05, 0) is 17.7 Å². The van der Waals surface area contributed by atoms with Crippen LogP contribution in [0.3, 0.4) is 0 Å². The second kappa shape index (κ2) is 3.68. The minimum absolute atomic E-state index is 0.247. The molecule has 82 valence electrons. The van der Waals surface area contributed by atoms with Gasteiger partial charge in [0.2, 0.25) is 0 Å². The zero-order valence-electron chi connectivity index (χ0n) is 8.85. The van der Waals surface area contributed by atoms with Crippen LogP contribution in [0.2, 0.25) is 0 Å². The summed E-state index contributed by atoms with van der Waals surface area (Å²) in [5, 5.41) is 0. The maximum Gasteiger partial charge on any atom is 0.127 e. The fraction of sp³-hybridized carbons (Fsp3) is 0.231. The number of furan rings is 1. The number of ether oxygens (including phenoxy) is 1. The van der Waals surface area contributed by atoms with E-state index in [9.17, 15) is 0 Å². The molecule has 0 saturated carbocycles. The van der Waals surface area contributed by atoms with Crippen LogP contribution in [0.5, 0.6) is 5.75 Å². The largest absolute Gasteiger partial charge is 0.493 e. The van der Waals surface area contributed by atoms with Gasteiger partial charge in [-0.15, -0.1) is 0 Å². The van der Waals surface area contributed by atoms with Crippen LogP contribution >= 0.6 is 0 Å². The summed E-state index contributed by atoms with van der Waals surface area (Å²) in [6, 6.07) is 9.59. The molecular formula is C13H13NO2. The molecule has 3 heteroatoms. The lowest BCUT2D eigenvalue weighted by Gasteiger charge is -2.13. The first-order valence-electron chi connectivity index (χ1n) is 5.40. The third kappa shape index (κ3) is 1.41. The molecule has 1 aromatic carbocycles. The van der Waals surface area contributed by atoms with Gasteiger partial charge in [0, 0.05) is 12.0 Å². The summed E-state index contributed by atoms with van der Waals surface area (Å²) < 4.78 is 11.0. The van der Waals surface area contributed by atoms with E-state index in [1.54, 1.807) is 6.26 Å². The van der Waals surface area contributed by atoms with E-state index in [0.29, 0.717) is 0 Å². The van der Waals surface area contributed by atoms with Crippen LogP contribution in [0, 0.1) is 0 Å². The van der Waals surface area contributed by atoms with Crippen molar-refractivity contribution in [3.05, 3.63) is 53.5 Å². The van der Waals surface area contributed by atoms with E-state index >= 15 is 0 Å². The maximum absolute atomic E-state index is 6.16. The van der Waals surface area contributed by atoms with E-state index in [4.69, 9.17) is 14.9 Å². The molecule has 0 fully saturated rings. The average Bonchev–Trinajstić information content (AvgIpc) is 2.98. The second-order valence-electron chi connectivity index (χ2n) is 3.93. The predicted octanol–water partition coefficient (Wildman–Crippen LogP) is 2.26. The zero-order chi connectivity index (χ0) is 11.0. The molecule has 1 aliphatic rings. The van der Waals surface area contributed by atoms with Gasteiger partial charge in [0.1, 0.15) is 11.5 Å². The quantitative estimate of drug-likeness (QED) is 0.835. The van der Waals surface area contributed by atoms with Crippen molar-refractivity contribution < 1.29 is 9.15 Å². The third-order valence-electron chi connectivity index (χ3n) is 2.93. The molecule has 0 spiro atoms. The molecule has 0 amide bonds. The summed E-state index contributed by atoms with van der Waals surface area (Å²) in [5.41, 5.74) is 8.40. The minimum Gasteiger partial charge on any atom is -0.493 e. The molecular weight excluding hydrogens is 202 g/mol. The van der Waals surface area contributed by atoms with E-state index in [1.807, 2.05) is 24.3 Å². The van der Waals surface area contributed by atoms with Crippen molar-refractivity contribution in [2.24, 2.45) is 5.73 Å². The summed E-state index contributed by atoms with van der Waals surface area (Å²) in [7, 11) is 0. The van der Waals surface area contributed by atoms with Gasteiger partial charge < -0.3 is 14.9 Å². The standard InChI is InChI=1S/C13H13NO2/c14-12(11-5-2-7-15-11)10-4-1-3-9-6-8-16-13(9)10/h1-5,7,12H,6,8,14H2. The lowest BCUT2D eigenvalue weighted by Crippen LogP contribution is -2.12. The average molecular weight is 215 g/mol. The van der Waals surface area contributed by atoms with Crippen molar-refractivity contribution in [1.29, 1.82) is 0 Å². The predicted molar refractivity (Wildman–Crippen MR) is 60.4 cm³/mol. The van der Waals surface area contributed by atoms with Crippen LogP contribution < -0.4 is 10.5 Å². The van der Waals surface area contributed by atoms with Crippen molar-refractivity contribution in [2.75, 3.05) is 6.61 Å². The van der Waals surface area contributed by atoms with E-state index in [-0.39, 0.29) is 6.04 Å². The minimum atomic E-state index is -0.247. The zero-order valence-corrected chi connectivity index (χ0v) is 8.85. The Morgan fingerprint density at radius 1 is 1.19 bits per heavy atom. The summed E-state index contributed by atoms with van der Waals surface area (Å²) in [6.45, 7) is 0.747. The number of fused-ring (bicyclic) bond motifs is 1. The Bertz CT molecular complexity index is 491. The molecule has 1 unspecified atom stereocenters. The van der Waals surface area contributed by atoms with Crippen molar-refractivity contribution in [2.45, 2.75) is 12.5 Å². The Hall–Kier alpha value is -1.74. The van der Waals surface area contributed by atoms with E-state index in [1.165, 1.54) is 5.56 Å². The van der Waals surface area contributed by atoms with Gasteiger partial charge in [-0.3, -0.25) is 0 Å². The molecule has 2 N–H and O–H groups in total. The van der Waals surface area contributed by atoms with Crippen LogP contribution in [-0.2, 0) is 6.42 Å². The SMILES string of the molecule is NC(c1ccco1)c1cccc2c1OCC2. The monoisotopic (exact) mass is 215 g/mol. The van der Waals surface area contributed by atoms with Crippen LogP contribution in [0.4, 0.5) is 0 Å². The highest BCUT2D eigenvalue weighted by atomic mass is 16.5. The molecule has 0 saturated heterocycles. The fourth-order valence-corrected chi connectivity index (χ4v) is 2.11. The smallest absolute Gasteiger partial charge is 0.127 e. The number of hydrogen-bond donors (Lipinski definition) is 1. The molecule has 1 atom stereocenters. The first-order chi connectivity index (χ1) is 7.86. The van der Waals surface area contributed by atoms with Gasteiger partial charge in [0.25, 0.3) is 0 Å². The lowest BCUT2D eigenvalue weighted by atomic mass is 10.0. The maximum atomic E-state index is 6.16. The molecule has 2 heterocycles. The van der Waals surface area contributed by atoms with Gasteiger partial charge in [-0.1, -0.05) is 18.2 Å². The Labute approximate surface area is 93.8 Å². The topological polar surface area (TPSA) is 48.4 Å². The Kier molecular flexibility index (Phi) is 2.18. The van der Waals surface area contributed by atoms with Crippen molar-refractivity contribution in [3.63, 3.8) is 0 Å². The lowest BCUT2D eigenvalue weighted by molar-refractivity contribution is 0.350. The second-order valence-corrected chi connectivity index (χ2v) is 3.93. The van der Waals surface area contributed by atoms with E-state index < -0.39 is 0 Å². The normalized spacial score (nSPS) is 15.6. The van der Waals surface area contributed by atoms with Crippen molar-refractivity contribution in [3.8, 4) is 5.75 Å². The fourth-order valence-electron chi connectivity index (χ4n) is 2.11. The summed E-state index contributed by atoms with van der Waals surface area (Å²) in [4.78, 5) is 0. The molecule has 3 rings (SSSR count). The van der Waals surface area contributed by atoms with E-state index in [0.717, 1.165) is 30.1 Å². The van der Waals surface area contributed by atoms with Crippen LogP contribution in [0.15, 0.2) is 41.0 Å². The van der Waals surface area contributed by atoms with Crippen LogP contribution in [0.1, 0.15) is 22.9 Å². The molecule has 2 aromatic rings. The Balaban J connectivity index is 2.04. The highest BCUT2D eigenvalue weighted by molar-refractivity contribution is 5.47. The number of benzene rings is 1. The van der Waals surface area contributed by atoms with Gasteiger partial charge in [0.15, 0.2) is 0 Å². The molecule has 0 aliphatic carbocycles. The number of rotatable bonds is 2. The van der Waals surface area contributed by atoms with Crippen LogP contribution in [0.25, 0.3) is 0 Å². The number of para-hydroxylation sites is 1. The summed E-state index contributed by atoms with van der Waals surface area (Å²) in [6.07, 6.45) is 2.60. The highest BCUT2D eigenvalue weighted by Crippen LogP contribution is 2.34. The van der Waals surface area contributed by atoms with Gasteiger partial charge in [0.05, 0.1) is 18.9 Å². The Morgan fingerprint density at radius 3 is 2.94 bits per heavy atom. The van der Waals surface area contributed by atoms with Crippen LogP contribution in [-0.4, -0.2) is 6.61 Å². The van der Waals surface area contributed by atoms with Crippen molar-refractivity contribution in [1.82, 2.24) is 0 Å². The van der Waals surface area contributed by atoms with Crippen molar-refractivity contribution >= 4 is 0 Å². The Morgan fingerprint density at radius 2 is 2.12 bits per heavy atom. The van der Waals surface area contributed by atoms with Gasteiger partial charge in [-0.25, -0.2) is 0 Å². The van der Waals surface area contributed by atoms with Gasteiger partial charge >= 0.3 is 0 Å². The molecule has 1 aromatic heterocycles. The first-order valence-corrected chi connectivity index (χ1v) is 5.40. The van der Waals surface area contributed by atoms with E-state index in [2.05, 4.69) is 6.07 Å². The first kappa shape index (κ1) is 9.48. The molecule has 0 bridgehead atoms. The summed E-state index contributed by atoms with van der Waals surface area (Å²) >= 11 is 0. The molecule has 3 nitrogen and oxygen atoms in total. The third-order valence-corrected chi connectivity index (χ3v) is 2.93. The molecule has 16 heavy (non-hydrogen) atoms. The number of nitrogens with two attached hydrogens (primary N) is 1.